The summed E-state index contributed by atoms with van der Waals surface area (Å²) in [4.78, 5) is 11.8. The average Bonchev–Trinajstić information content (AvgIpc) is 2.86. The molecule has 4 nitrogen and oxygen atoms in total. The normalized spacial score (nSPS) is 18.2. The van der Waals surface area contributed by atoms with Crippen LogP contribution in [0.1, 0.15) is 38.6 Å². The molecule has 0 aromatic carbocycles. The van der Waals surface area contributed by atoms with Crippen molar-refractivity contribution in [2.75, 3.05) is 19.6 Å². The molecular weight excluding hydrogens is 236 g/mol. The van der Waals surface area contributed by atoms with Crippen molar-refractivity contribution in [1.29, 1.82) is 0 Å². The van der Waals surface area contributed by atoms with E-state index in [2.05, 4.69) is 34.4 Å². The Kier molecular flexibility index (Phi) is 3.51. The lowest BCUT2D eigenvalue weighted by molar-refractivity contribution is 0.194. The van der Waals surface area contributed by atoms with Gasteiger partial charge in [-0.15, -0.1) is 0 Å². The van der Waals surface area contributed by atoms with Crippen LogP contribution >= 0.6 is 0 Å². The minimum absolute atomic E-state index is 0.567. The highest BCUT2D eigenvalue weighted by molar-refractivity contribution is 5.71. The third kappa shape index (κ3) is 2.25. The lowest BCUT2D eigenvalue weighted by Gasteiger charge is -2.32. The maximum atomic E-state index is 4.73. The third-order valence-corrected chi connectivity index (χ3v) is 4.21. The number of fused-ring (bicyclic) bond motifs is 1. The predicted octanol–water partition coefficient (Wildman–Crippen LogP) is 2.65. The van der Waals surface area contributed by atoms with Gasteiger partial charge in [-0.25, -0.2) is 9.97 Å². The van der Waals surface area contributed by atoms with E-state index in [-0.39, 0.29) is 0 Å². The zero-order valence-corrected chi connectivity index (χ0v) is 11.8. The van der Waals surface area contributed by atoms with Gasteiger partial charge >= 0.3 is 0 Å². The van der Waals surface area contributed by atoms with E-state index in [4.69, 9.17) is 4.98 Å². The molecular formula is C15H22N4. The second-order valence-corrected chi connectivity index (χ2v) is 5.26. The number of hydrogen-bond acceptors (Lipinski definition) is 3. The Hall–Kier alpha value is -1.42. The first kappa shape index (κ1) is 12.6. The zero-order valence-electron chi connectivity index (χ0n) is 11.8. The Morgan fingerprint density at radius 2 is 2.05 bits per heavy atom. The third-order valence-electron chi connectivity index (χ3n) is 4.21. The van der Waals surface area contributed by atoms with Crippen LogP contribution in [0.5, 0.6) is 0 Å². The van der Waals surface area contributed by atoms with E-state index in [0.29, 0.717) is 6.04 Å². The zero-order chi connectivity index (χ0) is 13.2. The van der Waals surface area contributed by atoms with Gasteiger partial charge in [0, 0.05) is 31.7 Å². The first-order valence-corrected chi connectivity index (χ1v) is 7.37. The van der Waals surface area contributed by atoms with Gasteiger partial charge in [0.2, 0.25) is 0 Å². The quantitative estimate of drug-likeness (QED) is 0.848. The topological polar surface area (TPSA) is 34.0 Å². The smallest absolute Gasteiger partial charge is 0.160 e. The molecule has 3 heterocycles. The number of piperidine rings is 1. The first-order valence-electron chi connectivity index (χ1n) is 7.37. The molecule has 102 valence electrons. The second kappa shape index (κ2) is 5.29. The maximum absolute atomic E-state index is 4.73. The summed E-state index contributed by atoms with van der Waals surface area (Å²) < 4.78 is 2.39. The number of aryl methyl sites for hydroxylation is 1. The number of imidazole rings is 1. The molecule has 2 aromatic rings. The Labute approximate surface area is 114 Å². The van der Waals surface area contributed by atoms with Crippen LogP contribution in [0.25, 0.3) is 11.2 Å². The van der Waals surface area contributed by atoms with Crippen LogP contribution in [0.2, 0.25) is 0 Å². The summed E-state index contributed by atoms with van der Waals surface area (Å²) in [6.45, 7) is 7.97. The van der Waals surface area contributed by atoms with E-state index >= 15 is 0 Å². The van der Waals surface area contributed by atoms with Gasteiger partial charge in [0.1, 0.15) is 11.3 Å². The summed E-state index contributed by atoms with van der Waals surface area (Å²) in [5.41, 5.74) is 2.10. The summed E-state index contributed by atoms with van der Waals surface area (Å²) >= 11 is 0. The van der Waals surface area contributed by atoms with E-state index in [1.165, 1.54) is 31.8 Å². The summed E-state index contributed by atoms with van der Waals surface area (Å²) in [7, 11) is 0. The summed E-state index contributed by atoms with van der Waals surface area (Å²) in [6, 6.07) is 4.61. The van der Waals surface area contributed by atoms with E-state index < -0.39 is 0 Å². The minimum Gasteiger partial charge on any atom is -0.309 e. The molecule has 4 heteroatoms. The Balaban J connectivity index is 1.95. The molecule has 0 bridgehead atoms. The van der Waals surface area contributed by atoms with Crippen molar-refractivity contribution in [2.24, 2.45) is 0 Å². The SMILES string of the molecule is CCc1nc2cccnc2n1C1CCN(CC)CC1. The molecule has 1 fully saturated rings. The number of rotatable bonds is 3. The summed E-state index contributed by atoms with van der Waals surface area (Å²) in [6.07, 6.45) is 5.28. The average molecular weight is 258 g/mol. The van der Waals surface area contributed by atoms with Gasteiger partial charge in [-0.2, -0.15) is 0 Å². The van der Waals surface area contributed by atoms with Crippen molar-refractivity contribution in [3.8, 4) is 0 Å². The van der Waals surface area contributed by atoms with Crippen LogP contribution in [-0.2, 0) is 6.42 Å². The van der Waals surface area contributed by atoms with Crippen molar-refractivity contribution in [2.45, 2.75) is 39.2 Å². The molecule has 0 unspecified atom stereocenters. The van der Waals surface area contributed by atoms with E-state index in [1.54, 1.807) is 0 Å². The van der Waals surface area contributed by atoms with Crippen molar-refractivity contribution in [1.82, 2.24) is 19.4 Å². The van der Waals surface area contributed by atoms with Gasteiger partial charge in [0.05, 0.1) is 0 Å². The van der Waals surface area contributed by atoms with E-state index in [9.17, 15) is 0 Å². The molecule has 0 radical (unpaired) electrons. The molecule has 1 saturated heterocycles. The first-order chi connectivity index (χ1) is 9.33. The van der Waals surface area contributed by atoms with E-state index in [0.717, 1.165) is 24.1 Å². The van der Waals surface area contributed by atoms with Gasteiger partial charge in [0.25, 0.3) is 0 Å². The van der Waals surface area contributed by atoms with Crippen molar-refractivity contribution in [3.63, 3.8) is 0 Å². The van der Waals surface area contributed by atoms with Crippen LogP contribution < -0.4 is 0 Å². The summed E-state index contributed by atoms with van der Waals surface area (Å²) in [5, 5.41) is 0. The fraction of sp³-hybridized carbons (Fsp3) is 0.600. The molecule has 0 saturated carbocycles. The highest BCUT2D eigenvalue weighted by Gasteiger charge is 2.23. The van der Waals surface area contributed by atoms with Crippen LogP contribution in [0.15, 0.2) is 18.3 Å². The van der Waals surface area contributed by atoms with Gasteiger partial charge < -0.3 is 9.47 Å². The lowest BCUT2D eigenvalue weighted by Crippen LogP contribution is -2.34. The number of pyridine rings is 1. The fourth-order valence-corrected chi connectivity index (χ4v) is 3.10. The molecule has 0 amide bonds. The minimum atomic E-state index is 0.567. The van der Waals surface area contributed by atoms with Crippen molar-refractivity contribution in [3.05, 3.63) is 24.2 Å². The monoisotopic (exact) mass is 258 g/mol. The number of likely N-dealkylation sites (tertiary alicyclic amines) is 1. The Morgan fingerprint density at radius 1 is 1.26 bits per heavy atom. The molecule has 19 heavy (non-hydrogen) atoms. The van der Waals surface area contributed by atoms with Gasteiger partial charge in [-0.05, 0) is 31.5 Å². The largest absolute Gasteiger partial charge is 0.309 e. The summed E-state index contributed by atoms with van der Waals surface area (Å²) in [5.74, 6) is 1.18. The Bertz CT molecular complexity index is 552. The second-order valence-electron chi connectivity index (χ2n) is 5.26. The molecule has 1 aliphatic rings. The van der Waals surface area contributed by atoms with Gasteiger partial charge in [-0.1, -0.05) is 13.8 Å². The maximum Gasteiger partial charge on any atom is 0.160 e. The number of hydrogen-bond donors (Lipinski definition) is 0. The van der Waals surface area contributed by atoms with Crippen LogP contribution in [0.3, 0.4) is 0 Å². The van der Waals surface area contributed by atoms with Gasteiger partial charge in [0.15, 0.2) is 5.65 Å². The Morgan fingerprint density at radius 3 is 2.74 bits per heavy atom. The molecule has 0 spiro atoms. The van der Waals surface area contributed by atoms with Crippen molar-refractivity contribution >= 4 is 11.2 Å². The lowest BCUT2D eigenvalue weighted by atomic mass is 10.0. The predicted molar refractivity (Wildman–Crippen MR) is 77.3 cm³/mol. The molecule has 0 N–H and O–H groups in total. The standard InChI is InChI=1S/C15H22N4/c1-3-14-17-13-6-5-9-16-15(13)19(14)12-7-10-18(4-2)11-8-12/h5-6,9,12H,3-4,7-8,10-11H2,1-2H3. The fourth-order valence-electron chi connectivity index (χ4n) is 3.10. The molecule has 1 aliphatic heterocycles. The molecule has 3 rings (SSSR count). The molecule has 0 atom stereocenters. The highest BCUT2D eigenvalue weighted by atomic mass is 15.2. The van der Waals surface area contributed by atoms with Crippen LogP contribution in [0.4, 0.5) is 0 Å². The van der Waals surface area contributed by atoms with Gasteiger partial charge in [-0.3, -0.25) is 0 Å². The molecule has 0 aliphatic carbocycles. The number of nitrogens with zero attached hydrogens (tertiary/aromatic N) is 4. The molecule has 2 aromatic heterocycles. The number of aromatic nitrogens is 3. The van der Waals surface area contributed by atoms with Crippen LogP contribution in [-0.4, -0.2) is 39.1 Å². The van der Waals surface area contributed by atoms with Crippen molar-refractivity contribution < 1.29 is 0 Å². The van der Waals surface area contributed by atoms with E-state index in [1.807, 2.05) is 12.3 Å². The highest BCUT2D eigenvalue weighted by Crippen LogP contribution is 2.27. The van der Waals surface area contributed by atoms with Crippen LogP contribution in [0, 0.1) is 0 Å².